The number of para-hydroxylation sites is 2. The Hall–Kier alpha value is -2.22. The topological polar surface area (TPSA) is 78.5 Å². The zero-order valence-corrected chi connectivity index (χ0v) is 16.0. The minimum atomic E-state index is -0.532. The van der Waals surface area contributed by atoms with E-state index in [-0.39, 0.29) is 25.0 Å². The first-order chi connectivity index (χ1) is 13.1. The molecule has 1 fully saturated rings. The Morgan fingerprint density at radius 3 is 3.00 bits per heavy atom. The number of β-amino-alcohol motifs (C(OH)–C–C–N with tert-alkyl or cyclic N) is 1. The van der Waals surface area contributed by atoms with Crippen LogP contribution < -0.4 is 0 Å². The van der Waals surface area contributed by atoms with Crippen LogP contribution in [0.15, 0.2) is 35.7 Å². The molecule has 1 aromatic carbocycles. The number of rotatable bonds is 5. The number of aromatic nitrogens is 2. The number of hydrogen-bond acceptors (Lipinski definition) is 5. The largest absolute Gasteiger partial charge is 0.391 e. The van der Waals surface area contributed by atoms with Gasteiger partial charge in [-0.15, -0.1) is 11.3 Å². The number of carbonyl (C=O) groups excluding carboxylic acids is 1. The van der Waals surface area contributed by atoms with E-state index in [2.05, 4.69) is 28.3 Å². The van der Waals surface area contributed by atoms with E-state index >= 15 is 0 Å². The molecule has 3 aromatic rings. The van der Waals surface area contributed by atoms with Gasteiger partial charge in [-0.25, -0.2) is 4.98 Å². The Balaban J connectivity index is 1.28. The number of amides is 1. The van der Waals surface area contributed by atoms with Crippen molar-refractivity contribution in [3.05, 3.63) is 52.0 Å². The zero-order chi connectivity index (χ0) is 18.8. The highest BCUT2D eigenvalue weighted by Gasteiger charge is 2.32. The van der Waals surface area contributed by atoms with Crippen molar-refractivity contribution in [2.75, 3.05) is 19.7 Å². The van der Waals surface area contributed by atoms with Gasteiger partial charge in [0.1, 0.15) is 19.0 Å². The number of aliphatic hydroxyl groups is 1. The van der Waals surface area contributed by atoms with E-state index in [1.165, 1.54) is 10.4 Å². The summed E-state index contributed by atoms with van der Waals surface area (Å²) in [5.74, 6) is 0.730. The number of carbonyl (C=O) groups is 1. The summed E-state index contributed by atoms with van der Waals surface area (Å²) < 4.78 is 5.55. The molecule has 0 radical (unpaired) electrons. The highest BCUT2D eigenvalue weighted by atomic mass is 32.1. The number of piperidine rings is 1. The summed E-state index contributed by atoms with van der Waals surface area (Å²) in [5.41, 5.74) is 3.06. The van der Waals surface area contributed by atoms with Crippen LogP contribution in [0, 0.1) is 6.92 Å². The number of imidazole rings is 1. The second-order valence-electron chi connectivity index (χ2n) is 6.96. The SMILES string of the molecule is Cc1ccsc1[C@@H]1CCN(C(=O)COCc2nc3ccccc3[nH]2)C[C@H]1O. The van der Waals surface area contributed by atoms with Gasteiger partial charge in [0.05, 0.1) is 17.1 Å². The number of nitrogens with one attached hydrogen (secondary N) is 1. The predicted octanol–water partition coefficient (Wildman–Crippen LogP) is 2.83. The number of aliphatic hydroxyl groups excluding tert-OH is 1. The summed E-state index contributed by atoms with van der Waals surface area (Å²) in [5, 5.41) is 12.6. The van der Waals surface area contributed by atoms with Gasteiger partial charge in [-0.2, -0.15) is 0 Å². The molecular weight excluding hydrogens is 362 g/mol. The number of aryl methyl sites for hydroxylation is 1. The van der Waals surface area contributed by atoms with Crippen LogP contribution in [-0.2, 0) is 16.1 Å². The van der Waals surface area contributed by atoms with E-state index in [4.69, 9.17) is 4.74 Å². The summed E-state index contributed by atoms with van der Waals surface area (Å²) in [4.78, 5) is 23.0. The maximum Gasteiger partial charge on any atom is 0.248 e. The number of hydrogen-bond donors (Lipinski definition) is 2. The van der Waals surface area contributed by atoms with Crippen LogP contribution in [0.2, 0.25) is 0 Å². The molecule has 2 N–H and O–H groups in total. The van der Waals surface area contributed by atoms with E-state index in [0.29, 0.717) is 18.9 Å². The number of thiophene rings is 1. The van der Waals surface area contributed by atoms with Gasteiger partial charge in [-0.1, -0.05) is 12.1 Å². The molecule has 27 heavy (non-hydrogen) atoms. The molecule has 0 bridgehead atoms. The van der Waals surface area contributed by atoms with Crippen LogP contribution in [0.25, 0.3) is 11.0 Å². The van der Waals surface area contributed by atoms with Crippen LogP contribution in [0.3, 0.4) is 0 Å². The maximum absolute atomic E-state index is 12.4. The van der Waals surface area contributed by atoms with Crippen molar-refractivity contribution in [3.63, 3.8) is 0 Å². The fraction of sp³-hybridized carbons (Fsp3) is 0.400. The number of nitrogens with zero attached hydrogens (tertiary/aromatic N) is 2. The molecule has 7 heteroatoms. The molecule has 0 spiro atoms. The first-order valence-corrected chi connectivity index (χ1v) is 10.0. The lowest BCUT2D eigenvalue weighted by Gasteiger charge is -2.35. The zero-order valence-electron chi connectivity index (χ0n) is 15.2. The van der Waals surface area contributed by atoms with E-state index in [9.17, 15) is 9.90 Å². The molecule has 2 atom stereocenters. The predicted molar refractivity (Wildman–Crippen MR) is 105 cm³/mol. The fourth-order valence-corrected chi connectivity index (χ4v) is 4.75. The van der Waals surface area contributed by atoms with Crippen LogP contribution in [0.5, 0.6) is 0 Å². The van der Waals surface area contributed by atoms with Crippen molar-refractivity contribution in [2.24, 2.45) is 0 Å². The number of benzene rings is 1. The number of ether oxygens (including phenoxy) is 1. The highest BCUT2D eigenvalue weighted by molar-refractivity contribution is 7.10. The number of aromatic amines is 1. The maximum atomic E-state index is 12.4. The summed E-state index contributed by atoms with van der Waals surface area (Å²) in [7, 11) is 0. The summed E-state index contributed by atoms with van der Waals surface area (Å²) in [6.45, 7) is 3.32. The fourth-order valence-electron chi connectivity index (χ4n) is 3.63. The summed E-state index contributed by atoms with van der Waals surface area (Å²) in [6.07, 6.45) is 0.244. The molecular formula is C20H23N3O3S. The molecule has 1 amide bonds. The monoisotopic (exact) mass is 385 g/mol. The van der Waals surface area contributed by atoms with Crippen LogP contribution in [-0.4, -0.2) is 51.7 Å². The van der Waals surface area contributed by atoms with Crippen molar-refractivity contribution in [1.82, 2.24) is 14.9 Å². The summed E-state index contributed by atoms with van der Waals surface area (Å²) >= 11 is 1.68. The highest BCUT2D eigenvalue weighted by Crippen LogP contribution is 2.34. The van der Waals surface area contributed by atoms with Crippen LogP contribution >= 0.6 is 11.3 Å². The molecule has 0 unspecified atom stereocenters. The Bertz CT molecular complexity index is 902. The average Bonchev–Trinajstić information content (AvgIpc) is 3.27. The van der Waals surface area contributed by atoms with Gasteiger partial charge in [0.15, 0.2) is 0 Å². The van der Waals surface area contributed by atoms with Gasteiger partial charge in [0.2, 0.25) is 5.91 Å². The molecule has 142 valence electrons. The number of fused-ring (bicyclic) bond motifs is 1. The Labute approximate surface area is 161 Å². The lowest BCUT2D eigenvalue weighted by atomic mass is 9.90. The Morgan fingerprint density at radius 1 is 1.41 bits per heavy atom. The minimum absolute atomic E-state index is 0.00748. The average molecular weight is 385 g/mol. The molecule has 1 saturated heterocycles. The van der Waals surface area contributed by atoms with Crippen molar-refractivity contribution in [3.8, 4) is 0 Å². The second kappa shape index (κ2) is 7.80. The van der Waals surface area contributed by atoms with E-state index in [0.717, 1.165) is 17.5 Å². The van der Waals surface area contributed by atoms with Gasteiger partial charge < -0.3 is 19.7 Å². The summed E-state index contributed by atoms with van der Waals surface area (Å²) in [6, 6.07) is 9.85. The molecule has 1 aliphatic rings. The van der Waals surface area contributed by atoms with E-state index in [1.54, 1.807) is 16.2 Å². The Kier molecular flexibility index (Phi) is 5.24. The third kappa shape index (κ3) is 3.90. The first-order valence-electron chi connectivity index (χ1n) is 9.13. The van der Waals surface area contributed by atoms with Gasteiger partial charge >= 0.3 is 0 Å². The van der Waals surface area contributed by atoms with Gasteiger partial charge in [-0.3, -0.25) is 4.79 Å². The Morgan fingerprint density at radius 2 is 2.26 bits per heavy atom. The van der Waals surface area contributed by atoms with E-state index in [1.807, 2.05) is 24.3 Å². The first kappa shape index (κ1) is 18.2. The molecule has 4 rings (SSSR count). The number of likely N-dealkylation sites (tertiary alicyclic amines) is 1. The molecule has 3 heterocycles. The normalized spacial score (nSPS) is 20.3. The third-order valence-corrected chi connectivity index (χ3v) is 6.23. The molecule has 6 nitrogen and oxygen atoms in total. The molecule has 0 saturated carbocycles. The van der Waals surface area contributed by atoms with Gasteiger partial charge in [-0.05, 0) is 42.5 Å². The standard InChI is InChI=1S/C20H23N3O3S/c1-13-7-9-27-20(13)14-6-8-23(10-17(14)24)19(25)12-26-11-18-21-15-4-2-3-5-16(15)22-18/h2-5,7,9,14,17,24H,6,8,10-12H2,1H3,(H,21,22)/t14-,17-/m1/s1. The third-order valence-electron chi connectivity index (χ3n) is 5.08. The van der Waals surface area contributed by atoms with Crippen molar-refractivity contribution >= 4 is 28.3 Å². The van der Waals surface area contributed by atoms with Crippen LogP contribution in [0.4, 0.5) is 0 Å². The smallest absolute Gasteiger partial charge is 0.248 e. The molecule has 1 aliphatic heterocycles. The van der Waals surface area contributed by atoms with Crippen molar-refractivity contribution in [2.45, 2.75) is 32.0 Å². The second-order valence-corrected chi connectivity index (χ2v) is 7.91. The lowest BCUT2D eigenvalue weighted by molar-refractivity contribution is -0.140. The van der Waals surface area contributed by atoms with Gasteiger partial charge in [0.25, 0.3) is 0 Å². The van der Waals surface area contributed by atoms with Crippen LogP contribution in [0.1, 0.15) is 28.6 Å². The van der Waals surface area contributed by atoms with Crippen molar-refractivity contribution < 1.29 is 14.6 Å². The lowest BCUT2D eigenvalue weighted by Crippen LogP contribution is -2.46. The van der Waals surface area contributed by atoms with E-state index < -0.39 is 6.10 Å². The van der Waals surface area contributed by atoms with Gasteiger partial charge in [0, 0.05) is 23.9 Å². The molecule has 2 aromatic heterocycles. The quantitative estimate of drug-likeness (QED) is 0.708. The van der Waals surface area contributed by atoms with Crippen molar-refractivity contribution in [1.29, 1.82) is 0 Å². The minimum Gasteiger partial charge on any atom is -0.391 e. The molecule has 0 aliphatic carbocycles. The number of H-pyrrole nitrogens is 1.